The standard InChI is InChI=1S/C18H16O5/c1-3-22-13-7-4-11(5-8-13)16-14-10-12(19)6-9-15(14)23-17(16)18(20)21-2/h4-10,19H,3H2,1-2H3. The van der Waals surface area contributed by atoms with Crippen LogP contribution in [0.3, 0.4) is 0 Å². The van der Waals surface area contributed by atoms with E-state index in [4.69, 9.17) is 13.9 Å². The second-order valence-corrected chi connectivity index (χ2v) is 4.94. The van der Waals surface area contributed by atoms with Crippen molar-refractivity contribution < 1.29 is 23.8 Å². The van der Waals surface area contributed by atoms with Crippen LogP contribution in [0.4, 0.5) is 0 Å². The molecule has 0 saturated carbocycles. The first kappa shape index (κ1) is 15.0. The first-order chi connectivity index (χ1) is 11.1. The van der Waals surface area contributed by atoms with Crippen molar-refractivity contribution in [1.82, 2.24) is 0 Å². The number of benzene rings is 2. The van der Waals surface area contributed by atoms with E-state index in [0.717, 1.165) is 11.3 Å². The first-order valence-electron chi connectivity index (χ1n) is 7.21. The van der Waals surface area contributed by atoms with Gasteiger partial charge in [0.15, 0.2) is 0 Å². The van der Waals surface area contributed by atoms with E-state index in [-0.39, 0.29) is 11.5 Å². The Morgan fingerprint density at radius 3 is 2.57 bits per heavy atom. The van der Waals surface area contributed by atoms with E-state index in [2.05, 4.69) is 0 Å². The smallest absolute Gasteiger partial charge is 0.374 e. The number of methoxy groups -OCH3 is 1. The van der Waals surface area contributed by atoms with E-state index in [0.29, 0.717) is 23.1 Å². The summed E-state index contributed by atoms with van der Waals surface area (Å²) in [5.74, 6) is 0.384. The summed E-state index contributed by atoms with van der Waals surface area (Å²) in [6.07, 6.45) is 0. The molecule has 5 nitrogen and oxygen atoms in total. The van der Waals surface area contributed by atoms with Crippen LogP contribution in [0.15, 0.2) is 46.9 Å². The number of furan rings is 1. The molecule has 1 N–H and O–H groups in total. The molecule has 0 fully saturated rings. The lowest BCUT2D eigenvalue weighted by molar-refractivity contribution is 0.0569. The third-order valence-corrected chi connectivity index (χ3v) is 3.50. The van der Waals surface area contributed by atoms with Gasteiger partial charge in [0.1, 0.15) is 17.1 Å². The maximum atomic E-state index is 12.0. The predicted molar refractivity (Wildman–Crippen MR) is 85.8 cm³/mol. The Morgan fingerprint density at radius 2 is 1.91 bits per heavy atom. The summed E-state index contributed by atoms with van der Waals surface area (Å²) in [5.41, 5.74) is 1.87. The number of carbonyl (C=O) groups is 1. The number of carbonyl (C=O) groups excluding carboxylic acids is 1. The highest BCUT2D eigenvalue weighted by atomic mass is 16.5. The van der Waals surface area contributed by atoms with Gasteiger partial charge in [-0.2, -0.15) is 0 Å². The Kier molecular flexibility index (Phi) is 3.93. The lowest BCUT2D eigenvalue weighted by Crippen LogP contribution is -2.01. The molecule has 2 aromatic carbocycles. The SMILES string of the molecule is CCOc1ccc(-c2c(C(=O)OC)oc3ccc(O)cc23)cc1. The Labute approximate surface area is 133 Å². The molecule has 0 unspecified atom stereocenters. The predicted octanol–water partition coefficient (Wildman–Crippen LogP) is 3.99. The van der Waals surface area contributed by atoms with Crippen LogP contribution in [0.5, 0.6) is 11.5 Å². The normalized spacial score (nSPS) is 10.7. The van der Waals surface area contributed by atoms with Crippen LogP contribution >= 0.6 is 0 Å². The molecule has 0 spiro atoms. The molecule has 0 amide bonds. The topological polar surface area (TPSA) is 68.9 Å². The molecule has 3 rings (SSSR count). The fraction of sp³-hybridized carbons (Fsp3) is 0.167. The third-order valence-electron chi connectivity index (χ3n) is 3.50. The van der Waals surface area contributed by atoms with Crippen LogP contribution in [0.1, 0.15) is 17.5 Å². The number of rotatable bonds is 4. The van der Waals surface area contributed by atoms with Gasteiger partial charge in [-0.05, 0) is 42.8 Å². The number of fused-ring (bicyclic) bond motifs is 1. The molecule has 1 heterocycles. The van der Waals surface area contributed by atoms with E-state index < -0.39 is 5.97 Å². The minimum absolute atomic E-state index is 0.0990. The van der Waals surface area contributed by atoms with E-state index in [9.17, 15) is 9.90 Å². The molecule has 0 atom stereocenters. The van der Waals surface area contributed by atoms with Gasteiger partial charge in [-0.15, -0.1) is 0 Å². The molecule has 0 saturated heterocycles. The summed E-state index contributed by atoms with van der Waals surface area (Å²) in [6, 6.07) is 12.0. The molecular formula is C18H16O5. The van der Waals surface area contributed by atoms with Gasteiger partial charge in [0, 0.05) is 10.9 Å². The minimum atomic E-state index is -0.565. The van der Waals surface area contributed by atoms with Crippen LogP contribution in [0.2, 0.25) is 0 Å². The van der Waals surface area contributed by atoms with Crippen molar-refractivity contribution in [1.29, 1.82) is 0 Å². The van der Waals surface area contributed by atoms with Crippen LogP contribution in [-0.2, 0) is 4.74 Å². The highest BCUT2D eigenvalue weighted by molar-refractivity contribution is 6.06. The van der Waals surface area contributed by atoms with Gasteiger partial charge in [-0.25, -0.2) is 4.79 Å². The zero-order chi connectivity index (χ0) is 16.4. The van der Waals surface area contributed by atoms with Crippen LogP contribution in [0.25, 0.3) is 22.1 Å². The molecule has 3 aromatic rings. The van der Waals surface area contributed by atoms with Crippen molar-refractivity contribution in [3.8, 4) is 22.6 Å². The Bertz CT molecular complexity index is 846. The largest absolute Gasteiger partial charge is 0.508 e. The second-order valence-electron chi connectivity index (χ2n) is 4.94. The molecule has 0 bridgehead atoms. The number of esters is 1. The maximum absolute atomic E-state index is 12.0. The van der Waals surface area contributed by atoms with Crippen molar-refractivity contribution in [2.45, 2.75) is 6.92 Å². The van der Waals surface area contributed by atoms with Gasteiger partial charge >= 0.3 is 5.97 Å². The van der Waals surface area contributed by atoms with Gasteiger partial charge in [-0.3, -0.25) is 0 Å². The first-order valence-corrected chi connectivity index (χ1v) is 7.21. The molecule has 1 aromatic heterocycles. The fourth-order valence-electron chi connectivity index (χ4n) is 2.49. The summed E-state index contributed by atoms with van der Waals surface area (Å²) in [6.45, 7) is 2.49. The second kappa shape index (κ2) is 6.04. The van der Waals surface area contributed by atoms with Gasteiger partial charge in [-0.1, -0.05) is 12.1 Å². The van der Waals surface area contributed by atoms with Crippen molar-refractivity contribution in [2.75, 3.05) is 13.7 Å². The number of phenolic OH excluding ortho intramolecular Hbond substituents is 1. The van der Waals surface area contributed by atoms with Crippen LogP contribution in [0, 0.1) is 0 Å². The van der Waals surface area contributed by atoms with Crippen molar-refractivity contribution in [3.05, 3.63) is 48.2 Å². The van der Waals surface area contributed by atoms with Crippen molar-refractivity contribution in [2.24, 2.45) is 0 Å². The third kappa shape index (κ3) is 2.73. The monoisotopic (exact) mass is 312 g/mol. The lowest BCUT2D eigenvalue weighted by Gasteiger charge is -2.05. The summed E-state index contributed by atoms with van der Waals surface area (Å²) < 4.78 is 15.9. The quantitative estimate of drug-likeness (QED) is 0.738. The molecule has 23 heavy (non-hydrogen) atoms. The van der Waals surface area contributed by atoms with E-state index in [1.54, 1.807) is 12.1 Å². The van der Waals surface area contributed by atoms with E-state index in [1.165, 1.54) is 13.2 Å². The average molecular weight is 312 g/mol. The van der Waals surface area contributed by atoms with Gasteiger partial charge in [0.2, 0.25) is 5.76 Å². The molecule has 0 aliphatic rings. The summed E-state index contributed by atoms with van der Waals surface area (Å²) >= 11 is 0. The summed E-state index contributed by atoms with van der Waals surface area (Å²) in [4.78, 5) is 12.0. The summed E-state index contributed by atoms with van der Waals surface area (Å²) in [7, 11) is 1.30. The molecule has 0 aliphatic heterocycles. The van der Waals surface area contributed by atoms with Crippen LogP contribution < -0.4 is 4.74 Å². The Hall–Kier alpha value is -2.95. The molecule has 0 radical (unpaired) electrons. The number of aromatic hydroxyl groups is 1. The highest BCUT2D eigenvalue weighted by Crippen LogP contribution is 2.37. The zero-order valence-corrected chi connectivity index (χ0v) is 12.8. The molecule has 5 heteroatoms. The average Bonchev–Trinajstić information content (AvgIpc) is 2.93. The van der Waals surface area contributed by atoms with E-state index >= 15 is 0 Å². The van der Waals surface area contributed by atoms with Gasteiger partial charge in [0.25, 0.3) is 0 Å². The maximum Gasteiger partial charge on any atom is 0.374 e. The molecule has 118 valence electrons. The number of hydrogen-bond acceptors (Lipinski definition) is 5. The number of hydrogen-bond donors (Lipinski definition) is 1. The van der Waals surface area contributed by atoms with Gasteiger partial charge in [0.05, 0.1) is 13.7 Å². The summed E-state index contributed by atoms with van der Waals surface area (Å²) in [5, 5.41) is 10.4. The lowest BCUT2D eigenvalue weighted by atomic mass is 10.0. The fourth-order valence-corrected chi connectivity index (χ4v) is 2.49. The van der Waals surface area contributed by atoms with Crippen molar-refractivity contribution in [3.63, 3.8) is 0 Å². The molecule has 0 aliphatic carbocycles. The van der Waals surface area contributed by atoms with Crippen LogP contribution in [-0.4, -0.2) is 24.8 Å². The Balaban J connectivity index is 2.20. The minimum Gasteiger partial charge on any atom is -0.508 e. The Morgan fingerprint density at radius 1 is 1.17 bits per heavy atom. The van der Waals surface area contributed by atoms with Gasteiger partial charge < -0.3 is 19.0 Å². The number of ether oxygens (including phenoxy) is 2. The zero-order valence-electron chi connectivity index (χ0n) is 12.8. The molecular weight excluding hydrogens is 296 g/mol. The number of phenols is 1. The van der Waals surface area contributed by atoms with Crippen molar-refractivity contribution >= 4 is 16.9 Å². The highest BCUT2D eigenvalue weighted by Gasteiger charge is 2.22. The van der Waals surface area contributed by atoms with E-state index in [1.807, 2.05) is 31.2 Å².